The van der Waals surface area contributed by atoms with Gasteiger partial charge in [-0.15, -0.1) is 0 Å². The lowest BCUT2D eigenvalue weighted by Gasteiger charge is -2.17. The molecule has 0 aromatic heterocycles. The first kappa shape index (κ1) is 10.5. The topological polar surface area (TPSA) is 46.5 Å². The molecule has 1 N–H and O–H groups in total. The maximum atomic E-state index is 10.8. The third-order valence-electron chi connectivity index (χ3n) is 2.49. The van der Waals surface area contributed by atoms with E-state index in [4.69, 9.17) is 9.84 Å². The van der Waals surface area contributed by atoms with Gasteiger partial charge in [0.15, 0.2) is 6.10 Å². The zero-order valence-electron chi connectivity index (χ0n) is 8.16. The van der Waals surface area contributed by atoms with Crippen LogP contribution in [0, 0.1) is 0 Å². The Morgan fingerprint density at radius 2 is 2.15 bits per heavy atom. The number of rotatable bonds is 5. The summed E-state index contributed by atoms with van der Waals surface area (Å²) in [6.07, 6.45) is 5.56. The molecule has 0 aromatic carbocycles. The van der Waals surface area contributed by atoms with E-state index in [1.165, 1.54) is 12.8 Å². The second kappa shape index (κ2) is 5.22. The molecule has 1 aliphatic carbocycles. The smallest absolute Gasteiger partial charge is 0.332 e. The molecule has 0 bridgehead atoms. The molecule has 0 aromatic rings. The van der Waals surface area contributed by atoms with Gasteiger partial charge < -0.3 is 9.84 Å². The van der Waals surface area contributed by atoms with Crippen LogP contribution in [0.2, 0.25) is 0 Å². The van der Waals surface area contributed by atoms with Crippen molar-refractivity contribution in [2.24, 2.45) is 0 Å². The largest absolute Gasteiger partial charge is 0.479 e. The predicted molar refractivity (Wildman–Crippen MR) is 49.7 cm³/mol. The molecule has 0 saturated heterocycles. The van der Waals surface area contributed by atoms with E-state index in [1.807, 2.05) is 6.92 Å². The highest BCUT2D eigenvalue weighted by Gasteiger charge is 2.24. The van der Waals surface area contributed by atoms with Gasteiger partial charge in [0, 0.05) is 0 Å². The molecule has 0 radical (unpaired) electrons. The van der Waals surface area contributed by atoms with E-state index in [9.17, 15) is 4.79 Å². The molecule has 3 nitrogen and oxygen atoms in total. The molecule has 3 heteroatoms. The predicted octanol–water partition coefficient (Wildman–Crippen LogP) is 2.20. The fourth-order valence-electron chi connectivity index (χ4n) is 1.77. The first-order chi connectivity index (χ1) is 6.24. The summed E-state index contributed by atoms with van der Waals surface area (Å²) in [5.41, 5.74) is 0. The summed E-state index contributed by atoms with van der Waals surface area (Å²) in [4.78, 5) is 10.8. The first-order valence-electron chi connectivity index (χ1n) is 5.12. The van der Waals surface area contributed by atoms with Gasteiger partial charge in [0.2, 0.25) is 0 Å². The van der Waals surface area contributed by atoms with Gasteiger partial charge in [0.05, 0.1) is 6.10 Å². The van der Waals surface area contributed by atoms with E-state index in [0.717, 1.165) is 19.3 Å². The normalized spacial score (nSPS) is 20.4. The average molecular weight is 186 g/mol. The minimum Gasteiger partial charge on any atom is -0.479 e. The Kier molecular flexibility index (Phi) is 4.22. The number of hydrogen-bond donors (Lipinski definition) is 1. The molecule has 1 aliphatic rings. The quantitative estimate of drug-likeness (QED) is 0.716. The molecular weight excluding hydrogens is 168 g/mol. The van der Waals surface area contributed by atoms with Crippen LogP contribution in [0.15, 0.2) is 0 Å². The highest BCUT2D eigenvalue weighted by molar-refractivity contribution is 5.72. The highest BCUT2D eigenvalue weighted by atomic mass is 16.5. The molecule has 1 saturated carbocycles. The average Bonchev–Trinajstić information content (AvgIpc) is 2.56. The Morgan fingerprint density at radius 3 is 2.62 bits per heavy atom. The van der Waals surface area contributed by atoms with Gasteiger partial charge >= 0.3 is 5.97 Å². The molecule has 0 spiro atoms. The van der Waals surface area contributed by atoms with Crippen molar-refractivity contribution in [3.8, 4) is 0 Å². The Balaban J connectivity index is 2.32. The van der Waals surface area contributed by atoms with E-state index < -0.39 is 12.1 Å². The molecule has 76 valence electrons. The van der Waals surface area contributed by atoms with Crippen LogP contribution in [0.4, 0.5) is 0 Å². The summed E-state index contributed by atoms with van der Waals surface area (Å²) in [6.45, 7) is 1.98. The molecule has 0 amide bonds. The van der Waals surface area contributed by atoms with Gasteiger partial charge in [-0.1, -0.05) is 26.2 Å². The van der Waals surface area contributed by atoms with Gasteiger partial charge in [-0.2, -0.15) is 0 Å². The third-order valence-corrected chi connectivity index (χ3v) is 2.49. The minimum atomic E-state index is -0.811. The monoisotopic (exact) mass is 186 g/mol. The maximum Gasteiger partial charge on any atom is 0.332 e. The van der Waals surface area contributed by atoms with Crippen molar-refractivity contribution in [2.75, 3.05) is 0 Å². The number of carboxylic acids is 1. The number of carbonyl (C=O) groups is 1. The van der Waals surface area contributed by atoms with E-state index >= 15 is 0 Å². The number of aliphatic carboxylic acids is 1. The lowest BCUT2D eigenvalue weighted by molar-refractivity contribution is -0.154. The summed E-state index contributed by atoms with van der Waals surface area (Å²) in [7, 11) is 0. The zero-order valence-corrected chi connectivity index (χ0v) is 8.16. The summed E-state index contributed by atoms with van der Waals surface area (Å²) >= 11 is 0. The third kappa shape index (κ3) is 3.35. The number of carboxylic acid groups (broad SMARTS) is 1. The molecule has 1 rings (SSSR count). The van der Waals surface area contributed by atoms with E-state index in [-0.39, 0.29) is 6.10 Å². The number of hydrogen-bond acceptors (Lipinski definition) is 2. The van der Waals surface area contributed by atoms with Crippen LogP contribution >= 0.6 is 0 Å². The van der Waals surface area contributed by atoms with E-state index in [0.29, 0.717) is 6.42 Å². The van der Waals surface area contributed by atoms with Crippen LogP contribution < -0.4 is 0 Å². The second-order valence-corrected chi connectivity index (χ2v) is 3.66. The van der Waals surface area contributed by atoms with E-state index in [1.54, 1.807) is 0 Å². The van der Waals surface area contributed by atoms with E-state index in [2.05, 4.69) is 0 Å². The van der Waals surface area contributed by atoms with Gasteiger partial charge in [0.25, 0.3) is 0 Å². The van der Waals surface area contributed by atoms with Crippen LogP contribution in [0.1, 0.15) is 45.4 Å². The SMILES string of the molecule is CCCC(OC1CCCC1)C(=O)O. The lowest BCUT2D eigenvalue weighted by atomic mass is 10.2. The van der Waals surface area contributed by atoms with Crippen molar-refractivity contribution in [3.05, 3.63) is 0 Å². The summed E-state index contributed by atoms with van der Waals surface area (Å²) < 4.78 is 5.51. The van der Waals surface area contributed by atoms with Crippen molar-refractivity contribution < 1.29 is 14.6 Å². The van der Waals surface area contributed by atoms with Crippen molar-refractivity contribution in [3.63, 3.8) is 0 Å². The molecular formula is C10H18O3. The molecule has 0 aliphatic heterocycles. The Hall–Kier alpha value is -0.570. The van der Waals surface area contributed by atoms with Crippen molar-refractivity contribution >= 4 is 5.97 Å². The molecule has 0 heterocycles. The van der Waals surface area contributed by atoms with Crippen molar-refractivity contribution in [2.45, 2.75) is 57.7 Å². The van der Waals surface area contributed by atoms with Gasteiger partial charge in [-0.05, 0) is 19.3 Å². The minimum absolute atomic E-state index is 0.202. The number of ether oxygens (including phenoxy) is 1. The van der Waals surface area contributed by atoms with Crippen LogP contribution in [0.5, 0.6) is 0 Å². The van der Waals surface area contributed by atoms with Crippen LogP contribution in [0.3, 0.4) is 0 Å². The second-order valence-electron chi connectivity index (χ2n) is 3.66. The summed E-state index contributed by atoms with van der Waals surface area (Å²) in [6, 6.07) is 0. The fourth-order valence-corrected chi connectivity index (χ4v) is 1.77. The summed E-state index contributed by atoms with van der Waals surface area (Å²) in [5.74, 6) is -0.811. The Bertz CT molecular complexity index is 162. The Morgan fingerprint density at radius 1 is 1.54 bits per heavy atom. The lowest BCUT2D eigenvalue weighted by Crippen LogP contribution is -2.27. The molecule has 1 fully saturated rings. The molecule has 1 unspecified atom stereocenters. The molecule has 13 heavy (non-hydrogen) atoms. The Labute approximate surface area is 79.1 Å². The van der Waals surface area contributed by atoms with Gasteiger partial charge in [0.1, 0.15) is 0 Å². The summed E-state index contributed by atoms with van der Waals surface area (Å²) in [5, 5.41) is 8.84. The molecule has 1 atom stereocenters. The fraction of sp³-hybridized carbons (Fsp3) is 0.900. The van der Waals surface area contributed by atoms with Crippen molar-refractivity contribution in [1.29, 1.82) is 0 Å². The zero-order chi connectivity index (χ0) is 9.68. The van der Waals surface area contributed by atoms with Crippen LogP contribution in [-0.4, -0.2) is 23.3 Å². The first-order valence-corrected chi connectivity index (χ1v) is 5.12. The maximum absolute atomic E-state index is 10.8. The highest BCUT2D eigenvalue weighted by Crippen LogP contribution is 2.23. The van der Waals surface area contributed by atoms with Crippen LogP contribution in [-0.2, 0) is 9.53 Å². The standard InChI is InChI=1S/C10H18O3/c1-2-5-9(10(11)12)13-8-6-3-4-7-8/h8-9H,2-7H2,1H3,(H,11,12). The van der Waals surface area contributed by atoms with Crippen molar-refractivity contribution in [1.82, 2.24) is 0 Å². The van der Waals surface area contributed by atoms with Gasteiger partial charge in [-0.3, -0.25) is 0 Å². The van der Waals surface area contributed by atoms with Gasteiger partial charge in [-0.25, -0.2) is 4.79 Å². The van der Waals surface area contributed by atoms with Crippen LogP contribution in [0.25, 0.3) is 0 Å².